The summed E-state index contributed by atoms with van der Waals surface area (Å²) in [7, 11) is -1.37. The van der Waals surface area contributed by atoms with Crippen LogP contribution in [0.3, 0.4) is 0 Å². The maximum atomic E-state index is 13.3. The zero-order valence-electron chi connectivity index (χ0n) is 14.6. The molecule has 2 atom stereocenters. The summed E-state index contributed by atoms with van der Waals surface area (Å²) in [5.41, 5.74) is -0.411. The van der Waals surface area contributed by atoms with E-state index in [1.54, 1.807) is 6.92 Å². The first-order chi connectivity index (χ1) is 8.75. The summed E-state index contributed by atoms with van der Waals surface area (Å²) in [6.07, 6.45) is 0. The van der Waals surface area contributed by atoms with Gasteiger partial charge in [0.1, 0.15) is 5.78 Å². The Labute approximate surface area is 125 Å². The van der Waals surface area contributed by atoms with Crippen molar-refractivity contribution in [3.8, 4) is 0 Å². The Balaban J connectivity index is 5.81. The second kappa shape index (κ2) is 6.64. The van der Waals surface area contributed by atoms with Gasteiger partial charge < -0.3 is 4.52 Å². The standard InChI is InChI=1S/C15H32NO3P/c1-11-18-20(17,19-12(2)3)13(14(4,5)6)16(10)15(7,8)9/h13H,2,11H2,1,3-10H3. The van der Waals surface area contributed by atoms with Gasteiger partial charge in [-0.3, -0.25) is 9.42 Å². The van der Waals surface area contributed by atoms with E-state index in [0.29, 0.717) is 12.4 Å². The molecule has 0 amide bonds. The lowest BCUT2D eigenvalue weighted by molar-refractivity contribution is 0.0689. The lowest BCUT2D eigenvalue weighted by Gasteiger charge is -2.46. The minimum absolute atomic E-state index is 0.150. The lowest BCUT2D eigenvalue weighted by atomic mass is 9.93. The van der Waals surface area contributed by atoms with Crippen LogP contribution in [0.15, 0.2) is 12.3 Å². The molecule has 0 aliphatic rings. The van der Waals surface area contributed by atoms with Gasteiger partial charge >= 0.3 is 7.60 Å². The van der Waals surface area contributed by atoms with Gasteiger partial charge in [0, 0.05) is 5.54 Å². The van der Waals surface area contributed by atoms with E-state index in [1.165, 1.54) is 0 Å². The molecular formula is C15H32NO3P. The molecule has 0 bridgehead atoms. The third-order valence-electron chi connectivity index (χ3n) is 3.09. The lowest BCUT2D eigenvalue weighted by Crippen LogP contribution is -2.51. The molecule has 4 nitrogen and oxygen atoms in total. The van der Waals surface area contributed by atoms with Crippen LogP contribution in [-0.4, -0.2) is 29.9 Å². The fraction of sp³-hybridized carbons (Fsp3) is 0.867. The van der Waals surface area contributed by atoms with E-state index in [4.69, 9.17) is 9.05 Å². The van der Waals surface area contributed by atoms with E-state index in [0.717, 1.165) is 0 Å². The van der Waals surface area contributed by atoms with Gasteiger partial charge in [-0.25, -0.2) is 4.57 Å². The van der Waals surface area contributed by atoms with E-state index in [1.807, 2.05) is 34.7 Å². The third kappa shape index (κ3) is 5.23. The van der Waals surface area contributed by atoms with Crippen molar-refractivity contribution in [3.63, 3.8) is 0 Å². The number of hydrogen-bond donors (Lipinski definition) is 0. The van der Waals surface area contributed by atoms with E-state index >= 15 is 0 Å². The minimum atomic E-state index is -3.33. The topological polar surface area (TPSA) is 38.8 Å². The molecule has 20 heavy (non-hydrogen) atoms. The van der Waals surface area contributed by atoms with Crippen LogP contribution in [0.4, 0.5) is 0 Å². The fourth-order valence-corrected chi connectivity index (χ4v) is 4.99. The van der Waals surface area contributed by atoms with E-state index in [9.17, 15) is 4.57 Å². The molecule has 0 spiro atoms. The van der Waals surface area contributed by atoms with Gasteiger partial charge in [-0.05, 0) is 47.1 Å². The van der Waals surface area contributed by atoms with Crippen molar-refractivity contribution in [2.24, 2.45) is 5.41 Å². The van der Waals surface area contributed by atoms with Gasteiger partial charge in [-0.1, -0.05) is 27.4 Å². The van der Waals surface area contributed by atoms with Crippen LogP contribution in [0.5, 0.6) is 0 Å². The Morgan fingerprint density at radius 1 is 1.25 bits per heavy atom. The Kier molecular flexibility index (Phi) is 6.53. The smallest absolute Gasteiger partial charge is 0.396 e. The van der Waals surface area contributed by atoms with Crippen LogP contribution in [0.2, 0.25) is 0 Å². The maximum Gasteiger partial charge on any atom is 0.396 e. The van der Waals surface area contributed by atoms with Crippen molar-refractivity contribution in [3.05, 3.63) is 12.3 Å². The molecule has 0 aromatic carbocycles. The monoisotopic (exact) mass is 305 g/mol. The molecule has 2 unspecified atom stereocenters. The highest BCUT2D eigenvalue weighted by atomic mass is 31.2. The summed E-state index contributed by atoms with van der Waals surface area (Å²) in [6, 6.07) is 0. The predicted molar refractivity (Wildman–Crippen MR) is 85.9 cm³/mol. The highest BCUT2D eigenvalue weighted by Gasteiger charge is 2.49. The van der Waals surface area contributed by atoms with E-state index in [2.05, 4.69) is 32.3 Å². The average Bonchev–Trinajstić information content (AvgIpc) is 2.11. The molecule has 0 aromatic heterocycles. The van der Waals surface area contributed by atoms with Crippen LogP contribution >= 0.6 is 7.60 Å². The van der Waals surface area contributed by atoms with Crippen LogP contribution in [0.1, 0.15) is 55.4 Å². The van der Waals surface area contributed by atoms with Crippen LogP contribution in [0, 0.1) is 5.41 Å². The molecular weight excluding hydrogens is 273 g/mol. The third-order valence-corrected chi connectivity index (χ3v) is 6.00. The molecule has 0 N–H and O–H groups in total. The van der Waals surface area contributed by atoms with Crippen molar-refractivity contribution in [2.45, 2.75) is 66.7 Å². The molecule has 0 aliphatic carbocycles. The summed E-state index contributed by atoms with van der Waals surface area (Å²) in [4.78, 5) is 2.08. The number of hydrogen-bond acceptors (Lipinski definition) is 4. The van der Waals surface area contributed by atoms with Gasteiger partial charge in [0.15, 0.2) is 0 Å². The van der Waals surface area contributed by atoms with Crippen molar-refractivity contribution in [2.75, 3.05) is 13.7 Å². The number of rotatable bonds is 6. The molecule has 0 aliphatic heterocycles. The van der Waals surface area contributed by atoms with Crippen LogP contribution in [0.25, 0.3) is 0 Å². The first-order valence-corrected chi connectivity index (χ1v) is 8.69. The molecule has 0 fully saturated rings. The first-order valence-electron chi connectivity index (χ1n) is 7.08. The maximum absolute atomic E-state index is 13.3. The van der Waals surface area contributed by atoms with E-state index in [-0.39, 0.29) is 16.7 Å². The highest BCUT2D eigenvalue weighted by Crippen LogP contribution is 2.61. The van der Waals surface area contributed by atoms with Gasteiger partial charge in [-0.15, -0.1) is 0 Å². The molecule has 0 saturated carbocycles. The largest absolute Gasteiger partial charge is 0.429 e. The highest BCUT2D eigenvalue weighted by molar-refractivity contribution is 7.54. The molecule has 120 valence electrons. The Hall–Kier alpha value is -0.310. The van der Waals surface area contributed by atoms with Crippen molar-refractivity contribution in [1.82, 2.24) is 4.90 Å². The quantitative estimate of drug-likeness (QED) is 0.518. The van der Waals surface area contributed by atoms with Gasteiger partial charge in [0.05, 0.1) is 12.4 Å². The summed E-state index contributed by atoms with van der Waals surface area (Å²) in [5, 5.41) is 0. The van der Waals surface area contributed by atoms with Crippen molar-refractivity contribution in [1.29, 1.82) is 0 Å². The Morgan fingerprint density at radius 3 is 1.95 bits per heavy atom. The molecule has 0 rings (SSSR count). The second-order valence-electron chi connectivity index (χ2n) is 7.27. The van der Waals surface area contributed by atoms with Gasteiger partial charge in [-0.2, -0.15) is 0 Å². The second-order valence-corrected chi connectivity index (χ2v) is 9.28. The fourth-order valence-electron chi connectivity index (χ4n) is 2.18. The summed E-state index contributed by atoms with van der Waals surface area (Å²) in [5.74, 6) is 0.0602. The normalized spacial score (nSPS) is 17.7. The molecule has 0 heterocycles. The Bertz CT molecular complexity index is 380. The van der Waals surface area contributed by atoms with Gasteiger partial charge in [0.25, 0.3) is 0 Å². The van der Waals surface area contributed by atoms with E-state index < -0.39 is 7.60 Å². The predicted octanol–water partition coefficient (Wildman–Crippen LogP) is 4.87. The number of allylic oxidation sites excluding steroid dienone is 1. The molecule has 0 aromatic rings. The summed E-state index contributed by atoms with van der Waals surface area (Å²) < 4.78 is 24.5. The zero-order chi connectivity index (χ0) is 16.4. The SMILES string of the molecule is C=C(C)OP(=O)(OCC)C(N(C)C(C)(C)C)C(C)(C)C. The van der Waals surface area contributed by atoms with Crippen LogP contribution in [-0.2, 0) is 13.6 Å². The zero-order valence-corrected chi connectivity index (χ0v) is 15.5. The summed E-state index contributed by atoms with van der Waals surface area (Å²) in [6.45, 7) is 20.0. The molecule has 0 radical (unpaired) electrons. The Morgan fingerprint density at radius 2 is 1.70 bits per heavy atom. The first kappa shape index (κ1) is 19.7. The number of nitrogens with zero attached hydrogens (tertiary/aromatic N) is 1. The van der Waals surface area contributed by atoms with Gasteiger partial charge in [0.2, 0.25) is 0 Å². The minimum Gasteiger partial charge on any atom is -0.429 e. The van der Waals surface area contributed by atoms with Crippen molar-refractivity contribution < 1.29 is 13.6 Å². The molecule has 5 heteroatoms. The van der Waals surface area contributed by atoms with Crippen molar-refractivity contribution >= 4 is 7.60 Å². The molecule has 0 saturated heterocycles. The van der Waals surface area contributed by atoms with Crippen LogP contribution < -0.4 is 0 Å². The average molecular weight is 305 g/mol. The summed E-state index contributed by atoms with van der Waals surface area (Å²) >= 11 is 0.